The maximum absolute atomic E-state index is 5.96. The van der Waals surface area contributed by atoms with Gasteiger partial charge in [-0.25, -0.2) is 0 Å². The number of halogens is 2. The second-order valence-electron chi connectivity index (χ2n) is 4.82. The minimum atomic E-state index is 0. The van der Waals surface area contributed by atoms with Crippen molar-refractivity contribution in [1.82, 2.24) is 20.0 Å². The summed E-state index contributed by atoms with van der Waals surface area (Å²) in [6.45, 7) is 4.42. The van der Waals surface area contributed by atoms with Crippen molar-refractivity contribution in [3.05, 3.63) is 39.3 Å². The van der Waals surface area contributed by atoms with Gasteiger partial charge in [-0.15, -0.1) is 35.3 Å². The van der Waals surface area contributed by atoms with Gasteiger partial charge in [-0.1, -0.05) is 11.6 Å². The molecule has 2 aromatic rings. The normalized spacial score (nSPS) is 11.2. The van der Waals surface area contributed by atoms with Gasteiger partial charge in [0.05, 0.1) is 23.6 Å². The zero-order valence-corrected chi connectivity index (χ0v) is 16.8. The van der Waals surface area contributed by atoms with Crippen LogP contribution in [0.5, 0.6) is 0 Å². The Bertz CT molecular complexity index is 610. The van der Waals surface area contributed by atoms with Crippen LogP contribution in [0.4, 0.5) is 0 Å². The molecule has 0 saturated carbocycles. The van der Waals surface area contributed by atoms with Crippen molar-refractivity contribution in [1.29, 1.82) is 0 Å². The van der Waals surface area contributed by atoms with Crippen LogP contribution in [0.1, 0.15) is 10.4 Å². The smallest absolute Gasteiger partial charge is 0.193 e. The molecule has 8 heteroatoms. The van der Waals surface area contributed by atoms with Crippen molar-refractivity contribution < 1.29 is 0 Å². The average Bonchev–Trinajstić information content (AvgIpc) is 3.03. The molecule has 0 aliphatic heterocycles. The predicted molar refractivity (Wildman–Crippen MR) is 105 cm³/mol. The van der Waals surface area contributed by atoms with Crippen LogP contribution < -0.4 is 5.32 Å². The van der Waals surface area contributed by atoms with E-state index < -0.39 is 0 Å². The molecule has 0 spiro atoms. The lowest BCUT2D eigenvalue weighted by atomic mass is 10.4. The molecule has 2 heterocycles. The van der Waals surface area contributed by atoms with E-state index in [0.717, 1.165) is 29.9 Å². The van der Waals surface area contributed by atoms with Crippen LogP contribution in [-0.2, 0) is 13.1 Å². The highest BCUT2D eigenvalue weighted by atomic mass is 127. The summed E-state index contributed by atoms with van der Waals surface area (Å²) in [5.41, 5.74) is 1.17. The number of rotatable bonds is 5. The number of nitrogens with zero attached hydrogens (tertiary/aromatic N) is 4. The second-order valence-corrected chi connectivity index (χ2v) is 6.62. The van der Waals surface area contributed by atoms with Crippen molar-refractivity contribution in [3.63, 3.8) is 0 Å². The number of thiophene rings is 1. The first kappa shape index (κ1) is 19.2. The van der Waals surface area contributed by atoms with E-state index in [-0.39, 0.29) is 24.0 Å². The molecule has 0 aromatic carbocycles. The Kier molecular flexibility index (Phi) is 8.19. The minimum absolute atomic E-state index is 0. The Labute approximate surface area is 157 Å². The van der Waals surface area contributed by atoms with E-state index in [1.807, 2.05) is 43.2 Å². The summed E-state index contributed by atoms with van der Waals surface area (Å²) in [6.07, 6.45) is 3.89. The maximum atomic E-state index is 5.96. The number of nitrogens with one attached hydrogen (secondary N) is 1. The molecule has 2 rings (SSSR count). The summed E-state index contributed by atoms with van der Waals surface area (Å²) in [5, 5.41) is 7.60. The SMILES string of the molecule is CN=C(NCCn1cc(C)cn1)N(C)Cc1ccc(Cl)s1.I. The zero-order valence-electron chi connectivity index (χ0n) is 12.9. The largest absolute Gasteiger partial charge is 0.354 e. The molecule has 0 aliphatic carbocycles. The number of aromatic nitrogens is 2. The summed E-state index contributed by atoms with van der Waals surface area (Å²) in [7, 11) is 3.80. The molecule has 0 atom stereocenters. The van der Waals surface area contributed by atoms with Crippen LogP contribution in [0.15, 0.2) is 29.5 Å². The molecule has 0 fully saturated rings. The molecule has 5 nitrogen and oxygen atoms in total. The van der Waals surface area contributed by atoms with Gasteiger partial charge < -0.3 is 10.2 Å². The molecule has 0 bridgehead atoms. The molecule has 22 heavy (non-hydrogen) atoms. The van der Waals surface area contributed by atoms with Gasteiger partial charge in [0.15, 0.2) is 5.96 Å². The highest BCUT2D eigenvalue weighted by Gasteiger charge is 2.08. The van der Waals surface area contributed by atoms with Crippen LogP contribution >= 0.6 is 46.9 Å². The molecular weight excluding hydrogens is 433 g/mol. The molecule has 122 valence electrons. The quantitative estimate of drug-likeness (QED) is 0.429. The van der Waals surface area contributed by atoms with Crippen LogP contribution in [0.2, 0.25) is 4.34 Å². The first-order valence-electron chi connectivity index (χ1n) is 6.73. The van der Waals surface area contributed by atoms with Crippen LogP contribution in [0.25, 0.3) is 0 Å². The topological polar surface area (TPSA) is 45.5 Å². The van der Waals surface area contributed by atoms with Gasteiger partial charge in [0.25, 0.3) is 0 Å². The molecular formula is C14H21ClIN5S. The van der Waals surface area contributed by atoms with E-state index >= 15 is 0 Å². The first-order chi connectivity index (χ1) is 10.1. The second kappa shape index (κ2) is 9.36. The fraction of sp³-hybridized carbons (Fsp3) is 0.429. The van der Waals surface area contributed by atoms with Gasteiger partial charge in [0, 0.05) is 31.7 Å². The van der Waals surface area contributed by atoms with Crippen molar-refractivity contribution in [2.24, 2.45) is 4.99 Å². The average molecular weight is 454 g/mol. The van der Waals surface area contributed by atoms with E-state index in [9.17, 15) is 0 Å². The van der Waals surface area contributed by atoms with Gasteiger partial charge in [0.2, 0.25) is 0 Å². The molecule has 0 aliphatic rings. The van der Waals surface area contributed by atoms with Crippen LogP contribution in [-0.4, -0.2) is 41.3 Å². The first-order valence-corrected chi connectivity index (χ1v) is 7.93. The Morgan fingerprint density at radius 1 is 1.50 bits per heavy atom. The lowest BCUT2D eigenvalue weighted by Crippen LogP contribution is -2.39. The van der Waals surface area contributed by atoms with Gasteiger partial charge in [0.1, 0.15) is 0 Å². The molecule has 0 radical (unpaired) electrons. The van der Waals surface area contributed by atoms with Crippen LogP contribution in [0, 0.1) is 6.92 Å². The summed E-state index contributed by atoms with van der Waals surface area (Å²) in [5.74, 6) is 0.864. The van der Waals surface area contributed by atoms with Gasteiger partial charge in [-0.2, -0.15) is 5.10 Å². The summed E-state index contributed by atoms with van der Waals surface area (Å²) in [4.78, 5) is 7.60. The van der Waals surface area contributed by atoms with Gasteiger partial charge >= 0.3 is 0 Å². The lowest BCUT2D eigenvalue weighted by molar-refractivity contribution is 0.474. The fourth-order valence-corrected chi connectivity index (χ4v) is 3.14. The fourth-order valence-electron chi connectivity index (χ4n) is 2.00. The zero-order chi connectivity index (χ0) is 15.2. The number of guanidine groups is 1. The molecule has 0 unspecified atom stereocenters. The van der Waals surface area contributed by atoms with Gasteiger partial charge in [-0.05, 0) is 24.6 Å². The standard InChI is InChI=1S/C14H20ClN5S.HI/c1-11-8-18-20(9-11)7-6-17-14(16-2)19(3)10-12-4-5-13(15)21-12;/h4-5,8-9H,6-7,10H2,1-3H3,(H,16,17);1H. The van der Waals surface area contributed by atoms with E-state index in [4.69, 9.17) is 11.6 Å². The van der Waals surface area contributed by atoms with E-state index in [1.165, 1.54) is 10.4 Å². The number of aryl methyl sites for hydroxylation is 1. The third kappa shape index (κ3) is 5.77. The number of hydrogen-bond acceptors (Lipinski definition) is 3. The van der Waals surface area contributed by atoms with E-state index in [0.29, 0.717) is 0 Å². The van der Waals surface area contributed by atoms with Crippen molar-refractivity contribution in [3.8, 4) is 0 Å². The maximum Gasteiger partial charge on any atom is 0.193 e. The molecule has 0 amide bonds. The summed E-state index contributed by atoms with van der Waals surface area (Å²) < 4.78 is 2.74. The third-order valence-corrected chi connectivity index (χ3v) is 4.20. The van der Waals surface area contributed by atoms with Crippen molar-refractivity contribution in [2.75, 3.05) is 20.6 Å². The number of hydrogen-bond donors (Lipinski definition) is 1. The Balaban J connectivity index is 0.00000242. The van der Waals surface area contributed by atoms with Crippen LogP contribution in [0.3, 0.4) is 0 Å². The predicted octanol–water partition coefficient (Wildman–Crippen LogP) is 3.23. The van der Waals surface area contributed by atoms with Gasteiger partial charge in [-0.3, -0.25) is 9.67 Å². The Hall–Kier alpha value is -0.800. The highest BCUT2D eigenvalue weighted by Crippen LogP contribution is 2.22. The molecule has 2 aromatic heterocycles. The molecule has 1 N–H and O–H groups in total. The highest BCUT2D eigenvalue weighted by molar-refractivity contribution is 14.0. The van der Waals surface area contributed by atoms with E-state index in [1.54, 1.807) is 18.4 Å². The van der Waals surface area contributed by atoms with E-state index in [2.05, 4.69) is 20.3 Å². The third-order valence-electron chi connectivity index (χ3n) is 2.98. The number of aliphatic imine (C=N–C) groups is 1. The lowest BCUT2D eigenvalue weighted by Gasteiger charge is -2.21. The van der Waals surface area contributed by atoms with Crippen molar-refractivity contribution >= 4 is 52.9 Å². The monoisotopic (exact) mass is 453 g/mol. The molecule has 0 saturated heterocycles. The summed E-state index contributed by atoms with van der Waals surface area (Å²) in [6, 6.07) is 3.97. The Morgan fingerprint density at radius 2 is 2.27 bits per heavy atom. The Morgan fingerprint density at radius 3 is 2.82 bits per heavy atom. The minimum Gasteiger partial charge on any atom is -0.354 e. The summed E-state index contributed by atoms with van der Waals surface area (Å²) >= 11 is 7.55. The van der Waals surface area contributed by atoms with Crippen molar-refractivity contribution in [2.45, 2.75) is 20.0 Å².